The Labute approximate surface area is 210 Å². The second-order valence-electron chi connectivity index (χ2n) is 10.4. The minimum Gasteiger partial charge on any atom is -0.392 e. The van der Waals surface area contributed by atoms with Crippen LogP contribution in [0.5, 0.6) is 5.88 Å². The van der Waals surface area contributed by atoms with Crippen molar-refractivity contribution in [3.63, 3.8) is 0 Å². The first-order valence-electron chi connectivity index (χ1n) is 12.3. The molecule has 2 aliphatic rings. The van der Waals surface area contributed by atoms with Gasteiger partial charge in [-0.15, -0.1) is 0 Å². The molecular weight excluding hydrogens is 456 g/mol. The van der Waals surface area contributed by atoms with Gasteiger partial charge in [-0.25, -0.2) is 9.48 Å². The van der Waals surface area contributed by atoms with Crippen LogP contribution in [-0.4, -0.2) is 38.6 Å². The zero-order valence-corrected chi connectivity index (χ0v) is 20.7. The largest absolute Gasteiger partial charge is 0.414 e. The lowest BCUT2D eigenvalue weighted by Gasteiger charge is -2.22. The highest BCUT2D eigenvalue weighted by molar-refractivity contribution is 6.21. The van der Waals surface area contributed by atoms with Crippen molar-refractivity contribution < 1.29 is 19.1 Å². The van der Waals surface area contributed by atoms with Crippen LogP contribution in [0.1, 0.15) is 77.9 Å². The van der Waals surface area contributed by atoms with Crippen LogP contribution >= 0.6 is 0 Å². The second-order valence-corrected chi connectivity index (χ2v) is 10.4. The summed E-state index contributed by atoms with van der Waals surface area (Å²) < 4.78 is 7.39. The molecule has 8 nitrogen and oxygen atoms in total. The van der Waals surface area contributed by atoms with Gasteiger partial charge in [0.25, 0.3) is 11.8 Å². The first-order valence-corrected chi connectivity index (χ1v) is 12.3. The topological polar surface area (TPSA) is 93.5 Å². The normalized spacial score (nSPS) is 19.5. The van der Waals surface area contributed by atoms with Gasteiger partial charge in [0.05, 0.1) is 22.4 Å². The van der Waals surface area contributed by atoms with Crippen molar-refractivity contribution in [2.24, 2.45) is 0 Å². The van der Waals surface area contributed by atoms with Gasteiger partial charge in [-0.05, 0) is 57.7 Å². The van der Waals surface area contributed by atoms with Crippen molar-refractivity contribution in [1.82, 2.24) is 20.0 Å². The van der Waals surface area contributed by atoms with Crippen molar-refractivity contribution in [3.8, 4) is 5.88 Å². The van der Waals surface area contributed by atoms with Gasteiger partial charge in [0, 0.05) is 24.6 Å². The number of carbonyl (C=O) groups is 3. The Kier molecular flexibility index (Phi) is 6.12. The maximum Gasteiger partial charge on any atom is 0.414 e. The SMILES string of the molecule is CC(C)(C)n1nc(C2CCC(N3C(=O)c4ccccc4C3=O)C2)cc1OC(=O)NCc1ccccc1. The quantitative estimate of drug-likeness (QED) is 0.520. The van der Waals surface area contributed by atoms with Crippen LogP contribution in [0.25, 0.3) is 0 Å². The maximum absolute atomic E-state index is 12.9. The standard InChI is InChI=1S/C28H30N4O4/c1-28(2,3)32-24(36-27(35)29-17-18-9-5-4-6-10-18)16-23(30-32)19-13-14-20(15-19)31-25(33)21-11-7-8-12-22(21)26(31)34/h4-12,16,19-20H,13-15,17H2,1-3H3,(H,29,35). The zero-order valence-electron chi connectivity index (χ0n) is 20.7. The Morgan fingerprint density at radius 3 is 2.28 bits per heavy atom. The molecule has 1 aliphatic carbocycles. The Balaban J connectivity index is 1.30. The Hall–Kier alpha value is -3.94. The summed E-state index contributed by atoms with van der Waals surface area (Å²) in [5.74, 6) is -0.0222. The molecule has 1 saturated carbocycles. The molecule has 186 valence electrons. The molecule has 0 spiro atoms. The fourth-order valence-electron chi connectivity index (χ4n) is 5.04. The number of fused-ring (bicyclic) bond motifs is 1. The minimum absolute atomic E-state index is 0.0534. The summed E-state index contributed by atoms with van der Waals surface area (Å²) in [6.07, 6.45) is 1.59. The van der Waals surface area contributed by atoms with Gasteiger partial charge in [-0.2, -0.15) is 5.10 Å². The molecule has 8 heteroatoms. The molecule has 3 aromatic rings. The molecule has 3 amide bonds. The third-order valence-corrected chi connectivity index (χ3v) is 6.82. The number of amides is 3. The molecule has 36 heavy (non-hydrogen) atoms. The van der Waals surface area contributed by atoms with Crippen LogP contribution in [0.4, 0.5) is 4.79 Å². The van der Waals surface area contributed by atoms with Crippen LogP contribution in [0.15, 0.2) is 60.7 Å². The number of ether oxygens (including phenoxy) is 1. The molecule has 5 rings (SSSR count). The van der Waals surface area contributed by atoms with Crippen molar-refractivity contribution in [2.75, 3.05) is 0 Å². The number of benzene rings is 2. The molecule has 1 fully saturated rings. The number of hydrogen-bond donors (Lipinski definition) is 1. The summed E-state index contributed by atoms with van der Waals surface area (Å²) in [5.41, 5.74) is 2.31. The van der Waals surface area contributed by atoms with E-state index in [1.165, 1.54) is 4.90 Å². The average Bonchev–Trinajstić information content (AvgIpc) is 3.56. The number of rotatable bonds is 5. The lowest BCUT2D eigenvalue weighted by atomic mass is 10.0. The average molecular weight is 487 g/mol. The smallest absolute Gasteiger partial charge is 0.392 e. The van der Waals surface area contributed by atoms with E-state index in [4.69, 9.17) is 9.84 Å². The summed E-state index contributed by atoms with van der Waals surface area (Å²) in [5, 5.41) is 7.58. The molecule has 1 N–H and O–H groups in total. The summed E-state index contributed by atoms with van der Waals surface area (Å²) in [7, 11) is 0. The van der Waals surface area contributed by atoms with E-state index in [0.717, 1.165) is 17.7 Å². The van der Waals surface area contributed by atoms with Gasteiger partial charge in [-0.3, -0.25) is 14.5 Å². The first kappa shape index (κ1) is 23.8. The van der Waals surface area contributed by atoms with Crippen molar-refractivity contribution in [2.45, 2.75) is 64.1 Å². The molecule has 0 bridgehead atoms. The van der Waals surface area contributed by atoms with E-state index in [9.17, 15) is 14.4 Å². The van der Waals surface area contributed by atoms with Crippen LogP contribution in [0.3, 0.4) is 0 Å². The Bertz CT molecular complexity index is 1270. The van der Waals surface area contributed by atoms with E-state index >= 15 is 0 Å². The Morgan fingerprint density at radius 2 is 1.64 bits per heavy atom. The van der Waals surface area contributed by atoms with Gasteiger partial charge in [0.1, 0.15) is 0 Å². The summed E-state index contributed by atoms with van der Waals surface area (Å²) in [4.78, 5) is 39.8. The number of hydrogen-bond acceptors (Lipinski definition) is 5. The van der Waals surface area contributed by atoms with Gasteiger partial charge in [-0.1, -0.05) is 42.5 Å². The highest BCUT2D eigenvalue weighted by Crippen LogP contribution is 2.40. The molecule has 2 atom stereocenters. The number of nitrogens with one attached hydrogen (secondary N) is 1. The van der Waals surface area contributed by atoms with E-state index in [1.807, 2.05) is 57.2 Å². The highest BCUT2D eigenvalue weighted by atomic mass is 16.6. The number of carbonyl (C=O) groups excluding carboxylic acids is 3. The molecule has 1 aliphatic heterocycles. The monoisotopic (exact) mass is 486 g/mol. The van der Waals surface area contributed by atoms with E-state index < -0.39 is 11.6 Å². The zero-order chi connectivity index (χ0) is 25.4. The lowest BCUT2D eigenvalue weighted by Crippen LogP contribution is -2.38. The third kappa shape index (κ3) is 4.51. The number of nitrogens with zero attached hydrogens (tertiary/aromatic N) is 3. The molecule has 2 unspecified atom stereocenters. The molecule has 0 saturated heterocycles. The molecule has 2 aromatic carbocycles. The first-order chi connectivity index (χ1) is 17.2. The summed E-state index contributed by atoms with van der Waals surface area (Å²) in [6, 6.07) is 18.2. The number of imide groups is 1. The third-order valence-electron chi connectivity index (χ3n) is 6.82. The molecular formula is C28H30N4O4. The van der Waals surface area contributed by atoms with Gasteiger partial charge >= 0.3 is 6.09 Å². The van der Waals surface area contributed by atoms with Gasteiger partial charge in [0.2, 0.25) is 5.88 Å². The highest BCUT2D eigenvalue weighted by Gasteiger charge is 2.43. The van der Waals surface area contributed by atoms with E-state index in [-0.39, 0.29) is 23.8 Å². The van der Waals surface area contributed by atoms with Crippen molar-refractivity contribution in [1.29, 1.82) is 0 Å². The van der Waals surface area contributed by atoms with Gasteiger partial charge < -0.3 is 10.1 Å². The summed E-state index contributed by atoms with van der Waals surface area (Å²) in [6.45, 7) is 6.35. The van der Waals surface area contributed by atoms with Crippen LogP contribution in [-0.2, 0) is 12.1 Å². The minimum atomic E-state index is -0.550. The van der Waals surface area contributed by atoms with Crippen LogP contribution in [0, 0.1) is 0 Å². The Morgan fingerprint density at radius 1 is 1.00 bits per heavy atom. The fourth-order valence-corrected chi connectivity index (χ4v) is 5.04. The van der Waals surface area contributed by atoms with E-state index in [2.05, 4.69) is 5.32 Å². The summed E-state index contributed by atoms with van der Waals surface area (Å²) >= 11 is 0. The van der Waals surface area contributed by atoms with Crippen molar-refractivity contribution in [3.05, 3.63) is 83.0 Å². The van der Waals surface area contributed by atoms with Crippen molar-refractivity contribution >= 4 is 17.9 Å². The van der Waals surface area contributed by atoms with E-state index in [1.54, 1.807) is 28.9 Å². The molecule has 2 heterocycles. The second kappa shape index (κ2) is 9.26. The maximum atomic E-state index is 12.9. The molecule has 1 aromatic heterocycles. The van der Waals surface area contributed by atoms with E-state index in [0.29, 0.717) is 36.4 Å². The lowest BCUT2D eigenvalue weighted by molar-refractivity contribution is 0.0586. The van der Waals surface area contributed by atoms with Gasteiger partial charge in [0.15, 0.2) is 0 Å². The van der Waals surface area contributed by atoms with Crippen LogP contribution < -0.4 is 10.1 Å². The fraction of sp³-hybridized carbons (Fsp3) is 0.357. The van der Waals surface area contributed by atoms with Crippen LogP contribution in [0.2, 0.25) is 0 Å². The predicted octanol–water partition coefficient (Wildman–Crippen LogP) is 4.86. The molecule has 0 radical (unpaired) electrons. The predicted molar refractivity (Wildman–Crippen MR) is 134 cm³/mol. The number of aromatic nitrogens is 2.